The molecule has 0 unspecified atom stereocenters. The molecule has 0 aromatic heterocycles. The smallest absolute Gasteiger partial charge is 0.231 e. The fourth-order valence-electron chi connectivity index (χ4n) is 2.48. The van der Waals surface area contributed by atoms with Gasteiger partial charge < -0.3 is 36.7 Å². The van der Waals surface area contributed by atoms with Gasteiger partial charge in [-0.25, -0.2) is 0 Å². The Balaban J connectivity index is 0.00000192. The number of halogens is 1. The minimum atomic E-state index is 0. The largest absolute Gasteiger partial charge is 1.00 e. The molecule has 2 N–H and O–H groups in total. The number of methoxy groups -OCH3 is 2. The summed E-state index contributed by atoms with van der Waals surface area (Å²) in [6.07, 6.45) is 0. The fraction of sp³-hybridized carbons (Fsp3) is 0.294. The molecular formula is C17H20ClNO4. The maximum absolute atomic E-state index is 5.39. The first-order valence-corrected chi connectivity index (χ1v) is 7.21. The van der Waals surface area contributed by atoms with Crippen molar-refractivity contribution in [1.82, 2.24) is 0 Å². The van der Waals surface area contributed by atoms with Crippen LogP contribution in [0.15, 0.2) is 36.4 Å². The number of benzene rings is 2. The van der Waals surface area contributed by atoms with Gasteiger partial charge in [-0.3, -0.25) is 0 Å². The van der Waals surface area contributed by atoms with Gasteiger partial charge in [0, 0.05) is 11.1 Å². The van der Waals surface area contributed by atoms with Crippen LogP contribution in [0.25, 0.3) is 0 Å². The van der Waals surface area contributed by atoms with Crippen molar-refractivity contribution in [3.63, 3.8) is 0 Å². The fourth-order valence-corrected chi connectivity index (χ4v) is 2.48. The van der Waals surface area contributed by atoms with Crippen LogP contribution in [0.1, 0.15) is 11.1 Å². The SMILES string of the molecule is COc1ccc(C[NH2+]Cc2ccc3c(c2)OCO3)cc1OC.[Cl-]. The van der Waals surface area contributed by atoms with E-state index in [9.17, 15) is 0 Å². The summed E-state index contributed by atoms with van der Waals surface area (Å²) in [5, 5.41) is 2.23. The molecule has 0 bridgehead atoms. The summed E-state index contributed by atoms with van der Waals surface area (Å²) in [5.41, 5.74) is 2.41. The maximum atomic E-state index is 5.39. The van der Waals surface area contributed by atoms with Gasteiger partial charge in [-0.2, -0.15) is 0 Å². The Labute approximate surface area is 141 Å². The Hall–Kier alpha value is -2.11. The van der Waals surface area contributed by atoms with Gasteiger partial charge in [0.1, 0.15) is 13.1 Å². The molecule has 1 heterocycles. The van der Waals surface area contributed by atoms with E-state index < -0.39 is 0 Å². The second-order valence-electron chi connectivity index (χ2n) is 5.07. The summed E-state index contributed by atoms with van der Waals surface area (Å²) < 4.78 is 21.3. The molecule has 0 atom stereocenters. The van der Waals surface area contributed by atoms with Crippen molar-refractivity contribution in [1.29, 1.82) is 0 Å². The monoisotopic (exact) mass is 337 g/mol. The van der Waals surface area contributed by atoms with Crippen LogP contribution in [0.2, 0.25) is 0 Å². The highest BCUT2D eigenvalue weighted by atomic mass is 35.5. The van der Waals surface area contributed by atoms with E-state index in [1.807, 2.05) is 24.3 Å². The third-order valence-electron chi connectivity index (χ3n) is 3.65. The minimum absolute atomic E-state index is 0. The molecule has 0 radical (unpaired) electrons. The van der Waals surface area contributed by atoms with Crippen LogP contribution >= 0.6 is 0 Å². The summed E-state index contributed by atoms with van der Waals surface area (Å²) in [4.78, 5) is 0. The van der Waals surface area contributed by atoms with E-state index in [1.165, 1.54) is 11.1 Å². The lowest BCUT2D eigenvalue weighted by molar-refractivity contribution is -0.686. The number of fused-ring (bicyclic) bond motifs is 1. The molecule has 2 aromatic rings. The van der Waals surface area contributed by atoms with E-state index in [0.717, 1.165) is 36.1 Å². The summed E-state index contributed by atoms with van der Waals surface area (Å²) in [5.74, 6) is 3.17. The first-order chi connectivity index (χ1) is 10.8. The molecule has 0 amide bonds. The van der Waals surface area contributed by atoms with Gasteiger partial charge in [0.2, 0.25) is 6.79 Å². The van der Waals surface area contributed by atoms with E-state index in [2.05, 4.69) is 17.4 Å². The number of nitrogens with two attached hydrogens (primary N) is 1. The van der Waals surface area contributed by atoms with E-state index in [4.69, 9.17) is 18.9 Å². The van der Waals surface area contributed by atoms with Crippen LogP contribution in [-0.4, -0.2) is 21.0 Å². The first-order valence-electron chi connectivity index (χ1n) is 7.21. The molecule has 2 aromatic carbocycles. The van der Waals surface area contributed by atoms with E-state index in [-0.39, 0.29) is 12.4 Å². The zero-order chi connectivity index (χ0) is 15.4. The van der Waals surface area contributed by atoms with Crippen molar-refractivity contribution in [2.45, 2.75) is 13.1 Å². The standard InChI is InChI=1S/C17H19NO4.ClH/c1-19-14-5-3-12(7-16(14)20-2)9-18-10-13-4-6-15-17(8-13)22-11-21-15;/h3-8,18H,9-11H2,1-2H3;1H. The predicted octanol–water partition coefficient (Wildman–Crippen LogP) is -1.30. The highest BCUT2D eigenvalue weighted by Crippen LogP contribution is 2.32. The Morgan fingerprint density at radius 1 is 0.870 bits per heavy atom. The molecule has 0 spiro atoms. The maximum Gasteiger partial charge on any atom is 0.231 e. The second kappa shape index (κ2) is 7.94. The third kappa shape index (κ3) is 4.00. The van der Waals surface area contributed by atoms with Crippen LogP contribution in [0.5, 0.6) is 23.0 Å². The van der Waals surface area contributed by atoms with Crippen molar-refractivity contribution >= 4 is 0 Å². The lowest BCUT2D eigenvalue weighted by atomic mass is 10.1. The third-order valence-corrected chi connectivity index (χ3v) is 3.65. The molecule has 0 saturated carbocycles. The predicted molar refractivity (Wildman–Crippen MR) is 81.4 cm³/mol. The van der Waals surface area contributed by atoms with Gasteiger partial charge >= 0.3 is 0 Å². The lowest BCUT2D eigenvalue weighted by Gasteiger charge is -2.09. The van der Waals surface area contributed by atoms with Crippen LogP contribution in [0, 0.1) is 0 Å². The average molecular weight is 338 g/mol. The number of ether oxygens (including phenoxy) is 4. The van der Waals surface area contributed by atoms with Crippen molar-refractivity contribution in [2.75, 3.05) is 21.0 Å². The van der Waals surface area contributed by atoms with Crippen molar-refractivity contribution < 1.29 is 36.7 Å². The molecular weight excluding hydrogens is 318 g/mol. The van der Waals surface area contributed by atoms with Gasteiger partial charge in [0.05, 0.1) is 14.2 Å². The van der Waals surface area contributed by atoms with Gasteiger partial charge in [-0.15, -0.1) is 0 Å². The van der Waals surface area contributed by atoms with Crippen molar-refractivity contribution in [3.05, 3.63) is 47.5 Å². The Morgan fingerprint density at radius 3 is 2.26 bits per heavy atom. The average Bonchev–Trinajstić information content (AvgIpc) is 3.02. The van der Waals surface area contributed by atoms with E-state index in [0.29, 0.717) is 6.79 Å². The van der Waals surface area contributed by atoms with Gasteiger partial charge in [0.25, 0.3) is 0 Å². The first kappa shape index (κ1) is 17.2. The van der Waals surface area contributed by atoms with Crippen molar-refractivity contribution in [2.24, 2.45) is 0 Å². The molecule has 23 heavy (non-hydrogen) atoms. The number of rotatable bonds is 6. The van der Waals surface area contributed by atoms with Crippen LogP contribution in [0.3, 0.4) is 0 Å². The molecule has 3 rings (SSSR count). The summed E-state index contributed by atoms with van der Waals surface area (Å²) in [7, 11) is 3.29. The van der Waals surface area contributed by atoms with Gasteiger partial charge in [-0.1, -0.05) is 0 Å². The molecule has 5 nitrogen and oxygen atoms in total. The second-order valence-corrected chi connectivity index (χ2v) is 5.07. The quantitative estimate of drug-likeness (QED) is 0.712. The summed E-state index contributed by atoms with van der Waals surface area (Å²) >= 11 is 0. The van der Waals surface area contributed by atoms with Crippen molar-refractivity contribution in [3.8, 4) is 23.0 Å². The normalized spacial score (nSPS) is 11.7. The van der Waals surface area contributed by atoms with E-state index in [1.54, 1.807) is 14.2 Å². The topological polar surface area (TPSA) is 53.5 Å². The van der Waals surface area contributed by atoms with Crippen LogP contribution < -0.4 is 36.7 Å². The Bertz CT molecular complexity index is 663. The minimum Gasteiger partial charge on any atom is -1.00 e. The Kier molecular flexibility index (Phi) is 5.96. The number of quaternary nitrogens is 1. The van der Waals surface area contributed by atoms with Crippen LogP contribution in [0.4, 0.5) is 0 Å². The summed E-state index contributed by atoms with van der Waals surface area (Å²) in [6, 6.07) is 12.1. The molecule has 0 saturated heterocycles. The molecule has 1 aliphatic rings. The Morgan fingerprint density at radius 2 is 1.52 bits per heavy atom. The lowest BCUT2D eigenvalue weighted by Crippen LogP contribution is -3.00. The number of hydrogen-bond donors (Lipinski definition) is 1. The molecule has 0 fully saturated rings. The highest BCUT2D eigenvalue weighted by Gasteiger charge is 2.13. The molecule has 6 heteroatoms. The van der Waals surface area contributed by atoms with Crippen LogP contribution in [-0.2, 0) is 13.1 Å². The molecule has 0 aliphatic carbocycles. The summed E-state index contributed by atoms with van der Waals surface area (Å²) in [6.45, 7) is 2.06. The zero-order valence-corrected chi connectivity index (χ0v) is 13.9. The number of hydrogen-bond acceptors (Lipinski definition) is 4. The van der Waals surface area contributed by atoms with Gasteiger partial charge in [-0.05, 0) is 36.4 Å². The van der Waals surface area contributed by atoms with E-state index >= 15 is 0 Å². The highest BCUT2D eigenvalue weighted by molar-refractivity contribution is 5.44. The zero-order valence-electron chi connectivity index (χ0n) is 13.2. The van der Waals surface area contributed by atoms with Gasteiger partial charge in [0.15, 0.2) is 23.0 Å². The molecule has 124 valence electrons. The molecule has 1 aliphatic heterocycles.